The molecule has 3 rings (SSSR count). The fourth-order valence-corrected chi connectivity index (χ4v) is 2.85. The SMILES string of the molecule is COc1ccc(-c2nnc(SCCOc3ccc(C)cc3)o2)cc1OC. The lowest BCUT2D eigenvalue weighted by molar-refractivity contribution is 0.343. The van der Waals surface area contributed by atoms with Crippen molar-refractivity contribution in [1.29, 1.82) is 0 Å². The molecule has 0 saturated heterocycles. The number of ether oxygens (including phenoxy) is 3. The van der Waals surface area contributed by atoms with Crippen LogP contribution in [0.1, 0.15) is 5.56 Å². The highest BCUT2D eigenvalue weighted by atomic mass is 32.2. The van der Waals surface area contributed by atoms with Crippen LogP contribution in [0, 0.1) is 6.92 Å². The predicted molar refractivity (Wildman–Crippen MR) is 100 cm³/mol. The fraction of sp³-hybridized carbons (Fsp3) is 0.263. The summed E-state index contributed by atoms with van der Waals surface area (Å²) in [5.74, 6) is 3.27. The van der Waals surface area contributed by atoms with Crippen LogP contribution in [-0.2, 0) is 0 Å². The van der Waals surface area contributed by atoms with Crippen molar-refractivity contribution in [3.05, 3.63) is 48.0 Å². The molecule has 0 saturated carbocycles. The number of benzene rings is 2. The van der Waals surface area contributed by atoms with Crippen LogP contribution in [0.25, 0.3) is 11.5 Å². The quantitative estimate of drug-likeness (QED) is 0.433. The van der Waals surface area contributed by atoms with Gasteiger partial charge in [-0.05, 0) is 37.3 Å². The zero-order chi connectivity index (χ0) is 18.4. The molecular formula is C19H20N2O4S. The maximum absolute atomic E-state index is 5.70. The molecule has 0 atom stereocenters. The fourth-order valence-electron chi connectivity index (χ4n) is 2.28. The zero-order valence-corrected chi connectivity index (χ0v) is 15.7. The van der Waals surface area contributed by atoms with Crippen molar-refractivity contribution >= 4 is 11.8 Å². The Hall–Kier alpha value is -2.67. The van der Waals surface area contributed by atoms with Crippen LogP contribution in [0.3, 0.4) is 0 Å². The predicted octanol–water partition coefficient (Wildman–Crippen LogP) is 4.23. The second kappa shape index (κ2) is 8.62. The molecule has 0 aliphatic rings. The summed E-state index contributed by atoms with van der Waals surface area (Å²) >= 11 is 1.45. The Balaban J connectivity index is 1.55. The summed E-state index contributed by atoms with van der Waals surface area (Å²) in [5, 5.41) is 8.66. The smallest absolute Gasteiger partial charge is 0.276 e. The summed E-state index contributed by atoms with van der Waals surface area (Å²) in [6, 6.07) is 13.4. The van der Waals surface area contributed by atoms with Crippen molar-refractivity contribution in [2.24, 2.45) is 0 Å². The number of nitrogens with zero attached hydrogens (tertiary/aromatic N) is 2. The molecule has 1 heterocycles. The van der Waals surface area contributed by atoms with E-state index in [1.54, 1.807) is 26.4 Å². The molecule has 3 aromatic rings. The molecule has 0 fully saturated rings. The summed E-state index contributed by atoms with van der Waals surface area (Å²) in [6.07, 6.45) is 0. The van der Waals surface area contributed by atoms with Gasteiger partial charge in [-0.1, -0.05) is 29.5 Å². The Kier molecular flexibility index (Phi) is 6.01. The Labute approximate surface area is 156 Å². The van der Waals surface area contributed by atoms with E-state index in [2.05, 4.69) is 10.2 Å². The van der Waals surface area contributed by atoms with Crippen LogP contribution >= 0.6 is 11.8 Å². The van der Waals surface area contributed by atoms with Gasteiger partial charge in [0.2, 0.25) is 5.89 Å². The van der Waals surface area contributed by atoms with E-state index in [4.69, 9.17) is 18.6 Å². The van der Waals surface area contributed by atoms with Gasteiger partial charge in [0.05, 0.1) is 20.8 Å². The van der Waals surface area contributed by atoms with E-state index in [1.807, 2.05) is 37.3 Å². The summed E-state index contributed by atoms with van der Waals surface area (Å²) in [5.41, 5.74) is 1.98. The first-order valence-corrected chi connectivity index (χ1v) is 9.06. The molecule has 0 N–H and O–H groups in total. The molecule has 7 heteroatoms. The summed E-state index contributed by atoms with van der Waals surface area (Å²) in [6.45, 7) is 2.60. The Bertz CT molecular complexity index is 849. The van der Waals surface area contributed by atoms with Crippen LogP contribution in [0.4, 0.5) is 0 Å². The van der Waals surface area contributed by atoms with Gasteiger partial charge in [0, 0.05) is 11.3 Å². The first-order chi connectivity index (χ1) is 12.7. The molecule has 0 aliphatic heterocycles. The summed E-state index contributed by atoms with van der Waals surface area (Å²) in [4.78, 5) is 0. The third kappa shape index (κ3) is 4.49. The number of hydrogen-bond acceptors (Lipinski definition) is 7. The monoisotopic (exact) mass is 372 g/mol. The molecular weight excluding hydrogens is 352 g/mol. The molecule has 0 spiro atoms. The molecule has 136 valence electrons. The van der Waals surface area contributed by atoms with Crippen LogP contribution in [0.15, 0.2) is 52.1 Å². The van der Waals surface area contributed by atoms with Crippen LogP contribution in [0.2, 0.25) is 0 Å². The van der Waals surface area contributed by atoms with E-state index in [1.165, 1.54) is 17.3 Å². The highest BCUT2D eigenvalue weighted by Crippen LogP contribution is 2.32. The van der Waals surface area contributed by atoms with Gasteiger partial charge in [-0.3, -0.25) is 0 Å². The van der Waals surface area contributed by atoms with E-state index >= 15 is 0 Å². The normalized spacial score (nSPS) is 10.6. The van der Waals surface area contributed by atoms with Gasteiger partial charge in [-0.2, -0.15) is 0 Å². The first kappa shape index (κ1) is 18.1. The Morgan fingerprint density at radius 1 is 0.962 bits per heavy atom. The van der Waals surface area contributed by atoms with E-state index < -0.39 is 0 Å². The van der Waals surface area contributed by atoms with Crippen LogP contribution in [0.5, 0.6) is 17.2 Å². The molecule has 6 nitrogen and oxygen atoms in total. The first-order valence-electron chi connectivity index (χ1n) is 8.08. The molecule has 0 radical (unpaired) electrons. The van der Waals surface area contributed by atoms with Crippen molar-refractivity contribution in [2.45, 2.75) is 12.1 Å². The van der Waals surface area contributed by atoms with E-state index in [0.29, 0.717) is 35.0 Å². The van der Waals surface area contributed by atoms with Crippen LogP contribution < -0.4 is 14.2 Å². The number of aromatic nitrogens is 2. The van der Waals surface area contributed by atoms with Gasteiger partial charge < -0.3 is 18.6 Å². The minimum absolute atomic E-state index is 0.438. The number of aryl methyl sites for hydroxylation is 1. The standard InChI is InChI=1S/C19H20N2O4S/c1-13-4-7-15(8-5-13)24-10-11-26-19-21-20-18(25-19)14-6-9-16(22-2)17(12-14)23-3/h4-9,12H,10-11H2,1-3H3. The molecule has 26 heavy (non-hydrogen) atoms. The molecule has 2 aromatic carbocycles. The lowest BCUT2D eigenvalue weighted by atomic mass is 10.2. The second-order valence-electron chi connectivity index (χ2n) is 5.45. The van der Waals surface area contributed by atoms with Crippen molar-refractivity contribution < 1.29 is 18.6 Å². The molecule has 0 bridgehead atoms. The molecule has 0 unspecified atom stereocenters. The van der Waals surface area contributed by atoms with Crippen molar-refractivity contribution in [1.82, 2.24) is 10.2 Å². The zero-order valence-electron chi connectivity index (χ0n) is 14.9. The van der Waals surface area contributed by atoms with Gasteiger partial charge in [0.1, 0.15) is 5.75 Å². The number of thioether (sulfide) groups is 1. The topological polar surface area (TPSA) is 66.6 Å². The minimum atomic E-state index is 0.438. The average Bonchev–Trinajstić information content (AvgIpc) is 3.15. The second-order valence-corrected chi connectivity index (χ2v) is 6.50. The molecule has 0 aliphatic carbocycles. The third-order valence-corrected chi connectivity index (χ3v) is 4.42. The molecule has 0 amide bonds. The van der Waals surface area contributed by atoms with Gasteiger partial charge in [0.15, 0.2) is 11.5 Å². The van der Waals surface area contributed by atoms with Gasteiger partial charge in [-0.15, -0.1) is 10.2 Å². The van der Waals surface area contributed by atoms with Gasteiger partial charge in [-0.25, -0.2) is 0 Å². The lowest BCUT2D eigenvalue weighted by Crippen LogP contribution is -1.99. The maximum Gasteiger partial charge on any atom is 0.276 e. The third-order valence-electron chi connectivity index (χ3n) is 3.64. The minimum Gasteiger partial charge on any atom is -0.493 e. The largest absolute Gasteiger partial charge is 0.493 e. The Morgan fingerprint density at radius 3 is 2.46 bits per heavy atom. The Morgan fingerprint density at radius 2 is 1.73 bits per heavy atom. The number of hydrogen-bond donors (Lipinski definition) is 0. The highest BCUT2D eigenvalue weighted by Gasteiger charge is 2.12. The maximum atomic E-state index is 5.70. The van der Waals surface area contributed by atoms with Crippen molar-refractivity contribution in [2.75, 3.05) is 26.6 Å². The van der Waals surface area contributed by atoms with Crippen molar-refractivity contribution in [3.8, 4) is 28.7 Å². The number of rotatable bonds is 8. The average molecular weight is 372 g/mol. The van der Waals surface area contributed by atoms with E-state index in [-0.39, 0.29) is 0 Å². The van der Waals surface area contributed by atoms with E-state index in [9.17, 15) is 0 Å². The van der Waals surface area contributed by atoms with Gasteiger partial charge in [0.25, 0.3) is 5.22 Å². The van der Waals surface area contributed by atoms with Gasteiger partial charge >= 0.3 is 0 Å². The number of methoxy groups -OCH3 is 2. The molecule has 1 aromatic heterocycles. The van der Waals surface area contributed by atoms with Crippen LogP contribution in [-0.4, -0.2) is 36.8 Å². The summed E-state index contributed by atoms with van der Waals surface area (Å²) < 4.78 is 21.9. The van der Waals surface area contributed by atoms with E-state index in [0.717, 1.165) is 11.3 Å². The van der Waals surface area contributed by atoms with Crippen molar-refractivity contribution in [3.63, 3.8) is 0 Å². The summed E-state index contributed by atoms with van der Waals surface area (Å²) in [7, 11) is 3.18. The highest BCUT2D eigenvalue weighted by molar-refractivity contribution is 7.99. The lowest BCUT2D eigenvalue weighted by Gasteiger charge is -2.07.